The van der Waals surface area contributed by atoms with Crippen LogP contribution in [0.5, 0.6) is 5.75 Å². The molecule has 1 amide bonds. The molecule has 0 saturated carbocycles. The average Bonchev–Trinajstić information content (AvgIpc) is 3.18. The molecule has 3 aromatic carbocycles. The van der Waals surface area contributed by atoms with Gasteiger partial charge in [-0.3, -0.25) is 19.8 Å². The van der Waals surface area contributed by atoms with Gasteiger partial charge in [-0.1, -0.05) is 34.1 Å². The highest BCUT2D eigenvalue weighted by molar-refractivity contribution is 9.10. The number of carbonyl (C=O) groups is 1. The van der Waals surface area contributed by atoms with Gasteiger partial charge in [0.05, 0.1) is 15.5 Å². The van der Waals surface area contributed by atoms with Crippen LogP contribution in [0.2, 0.25) is 0 Å². The predicted molar refractivity (Wildman–Crippen MR) is 149 cm³/mol. The van der Waals surface area contributed by atoms with Gasteiger partial charge in [-0.05, 0) is 72.3 Å². The minimum atomic E-state index is -0.437. The van der Waals surface area contributed by atoms with Crippen molar-refractivity contribution in [2.24, 2.45) is 4.99 Å². The van der Waals surface area contributed by atoms with E-state index in [9.17, 15) is 14.9 Å². The van der Waals surface area contributed by atoms with Gasteiger partial charge in [0, 0.05) is 42.4 Å². The molecule has 0 N–H and O–H groups in total. The van der Waals surface area contributed by atoms with E-state index < -0.39 is 4.92 Å². The molecule has 3 aromatic rings. The summed E-state index contributed by atoms with van der Waals surface area (Å²) >= 11 is 4.82. The topological polar surface area (TPSA) is 94.3 Å². The lowest BCUT2D eigenvalue weighted by atomic mass is 10.1. The number of hydrogen-bond acceptors (Lipinski definition) is 7. The number of nitrogens with zero attached hydrogens (tertiary/aromatic N) is 3. The van der Waals surface area contributed by atoms with E-state index in [1.165, 1.54) is 23.9 Å². The Morgan fingerprint density at radius 3 is 2.57 bits per heavy atom. The van der Waals surface area contributed by atoms with Gasteiger partial charge in [0.2, 0.25) is 0 Å². The number of amidine groups is 1. The Morgan fingerprint density at radius 2 is 1.86 bits per heavy atom. The zero-order chi connectivity index (χ0) is 26.2. The number of methoxy groups -OCH3 is 1. The highest BCUT2D eigenvalue weighted by Crippen LogP contribution is 2.36. The predicted octanol–water partition coefficient (Wildman–Crippen LogP) is 6.58. The van der Waals surface area contributed by atoms with E-state index in [-0.39, 0.29) is 18.2 Å². The molecule has 0 aliphatic carbocycles. The molecule has 1 fully saturated rings. The number of benzene rings is 3. The van der Waals surface area contributed by atoms with Gasteiger partial charge >= 0.3 is 0 Å². The van der Waals surface area contributed by atoms with Crippen molar-refractivity contribution >= 4 is 56.2 Å². The van der Waals surface area contributed by atoms with Crippen molar-refractivity contribution in [3.05, 3.63) is 103 Å². The van der Waals surface area contributed by atoms with E-state index in [2.05, 4.69) is 15.9 Å². The quantitative estimate of drug-likeness (QED) is 0.116. The summed E-state index contributed by atoms with van der Waals surface area (Å²) in [6.45, 7) is 1.25. The Balaban J connectivity index is 1.59. The molecule has 1 aliphatic heterocycles. The third-order valence-electron chi connectivity index (χ3n) is 5.40. The van der Waals surface area contributed by atoms with Crippen molar-refractivity contribution in [1.29, 1.82) is 0 Å². The van der Waals surface area contributed by atoms with E-state index in [1.807, 2.05) is 48.5 Å². The van der Waals surface area contributed by atoms with Crippen molar-refractivity contribution in [3.63, 3.8) is 0 Å². The number of non-ortho nitro benzene ring substituents is 1. The summed E-state index contributed by atoms with van der Waals surface area (Å²) in [6, 6.07) is 21.3. The highest BCUT2D eigenvalue weighted by atomic mass is 79.9. The Bertz CT molecular complexity index is 1330. The lowest BCUT2D eigenvalue weighted by molar-refractivity contribution is -0.384. The Labute approximate surface area is 227 Å². The molecule has 0 atom stereocenters. The molecule has 1 aliphatic rings. The molecule has 0 unspecified atom stereocenters. The second-order valence-electron chi connectivity index (χ2n) is 8.04. The van der Waals surface area contributed by atoms with Gasteiger partial charge in [-0.15, -0.1) is 0 Å². The summed E-state index contributed by atoms with van der Waals surface area (Å²) in [7, 11) is 1.64. The number of carbonyl (C=O) groups excluding carboxylic acids is 1. The molecule has 8 nitrogen and oxygen atoms in total. The van der Waals surface area contributed by atoms with Crippen molar-refractivity contribution in [2.45, 2.75) is 13.0 Å². The molecule has 0 aromatic heterocycles. The van der Waals surface area contributed by atoms with Crippen LogP contribution in [0.3, 0.4) is 0 Å². The third kappa shape index (κ3) is 7.06. The first-order valence-corrected chi connectivity index (χ1v) is 13.1. The molecule has 190 valence electrons. The zero-order valence-corrected chi connectivity index (χ0v) is 22.4. The summed E-state index contributed by atoms with van der Waals surface area (Å²) in [6.07, 6.45) is 2.49. The molecule has 0 spiro atoms. The fraction of sp³-hybridized carbons (Fsp3) is 0.185. The second kappa shape index (κ2) is 12.7. The SMILES string of the molecule is COCCCN1C(=O)/C(=C/c2cc(Br)ccc2OCc2ccc([N+](=O)[O-])cc2)SC1=Nc1ccccc1. The fourth-order valence-electron chi connectivity index (χ4n) is 3.55. The van der Waals surface area contributed by atoms with Crippen LogP contribution in [0.1, 0.15) is 17.5 Å². The monoisotopic (exact) mass is 581 g/mol. The van der Waals surface area contributed by atoms with Crippen molar-refractivity contribution in [1.82, 2.24) is 4.90 Å². The first-order valence-electron chi connectivity index (χ1n) is 11.4. The molecular weight excluding hydrogens is 558 g/mol. The summed E-state index contributed by atoms with van der Waals surface area (Å²) in [5.74, 6) is 0.457. The number of thioether (sulfide) groups is 1. The number of nitro benzene ring substituents is 1. The van der Waals surface area contributed by atoms with Crippen LogP contribution in [-0.2, 0) is 16.1 Å². The van der Waals surface area contributed by atoms with Gasteiger partial charge < -0.3 is 9.47 Å². The number of rotatable bonds is 10. The first-order chi connectivity index (χ1) is 17.9. The number of hydrogen-bond donors (Lipinski definition) is 0. The summed E-state index contributed by atoms with van der Waals surface area (Å²) in [5.41, 5.74) is 2.31. The fourth-order valence-corrected chi connectivity index (χ4v) is 4.94. The molecule has 1 saturated heterocycles. The van der Waals surface area contributed by atoms with E-state index >= 15 is 0 Å². The molecule has 0 bridgehead atoms. The summed E-state index contributed by atoms with van der Waals surface area (Å²) in [4.78, 5) is 30.8. The summed E-state index contributed by atoms with van der Waals surface area (Å²) in [5, 5.41) is 11.5. The van der Waals surface area contributed by atoms with Crippen LogP contribution in [0, 0.1) is 10.1 Å². The van der Waals surface area contributed by atoms with Crippen molar-refractivity contribution in [3.8, 4) is 5.75 Å². The maximum absolute atomic E-state index is 13.4. The van der Waals surface area contributed by atoms with Crippen LogP contribution in [-0.4, -0.2) is 41.2 Å². The average molecular weight is 582 g/mol. The molecule has 4 rings (SSSR count). The van der Waals surface area contributed by atoms with Crippen molar-refractivity contribution < 1.29 is 19.2 Å². The Kier molecular flexibility index (Phi) is 9.10. The molecule has 10 heteroatoms. The van der Waals surface area contributed by atoms with E-state index in [4.69, 9.17) is 14.5 Å². The number of aliphatic imine (C=N–C) groups is 1. The number of para-hydroxylation sites is 1. The van der Waals surface area contributed by atoms with Crippen LogP contribution >= 0.6 is 27.7 Å². The van der Waals surface area contributed by atoms with Crippen LogP contribution in [0.4, 0.5) is 11.4 Å². The standard InChI is InChI=1S/C27H24BrN3O5S/c1-35-15-5-14-30-26(32)25(37-27(30)29-22-6-3-2-4-7-22)17-20-16-21(28)10-13-24(20)36-18-19-8-11-23(12-9-19)31(33)34/h2-4,6-13,16-17H,5,14-15,18H2,1H3/b25-17-,29-27?. The summed E-state index contributed by atoms with van der Waals surface area (Å²) < 4.78 is 12.0. The maximum Gasteiger partial charge on any atom is 0.269 e. The zero-order valence-electron chi connectivity index (χ0n) is 20.0. The van der Waals surface area contributed by atoms with Crippen molar-refractivity contribution in [2.75, 3.05) is 20.3 Å². The first kappa shape index (κ1) is 26.6. The van der Waals surface area contributed by atoms with E-state index in [0.29, 0.717) is 35.4 Å². The lowest BCUT2D eigenvalue weighted by Gasteiger charge is -2.15. The minimum Gasteiger partial charge on any atom is -0.488 e. The molecule has 1 heterocycles. The van der Waals surface area contributed by atoms with Crippen LogP contribution < -0.4 is 4.74 Å². The van der Waals surface area contributed by atoms with Gasteiger partial charge in [-0.25, -0.2) is 4.99 Å². The Hall–Kier alpha value is -3.47. The number of amides is 1. The number of ether oxygens (including phenoxy) is 2. The van der Waals surface area contributed by atoms with Gasteiger partial charge in [0.15, 0.2) is 5.17 Å². The van der Waals surface area contributed by atoms with Crippen LogP contribution in [0.15, 0.2) is 87.2 Å². The molecule has 0 radical (unpaired) electrons. The van der Waals surface area contributed by atoms with Gasteiger partial charge in [0.1, 0.15) is 12.4 Å². The van der Waals surface area contributed by atoms with Crippen LogP contribution in [0.25, 0.3) is 6.08 Å². The van der Waals surface area contributed by atoms with Gasteiger partial charge in [-0.2, -0.15) is 0 Å². The molecule has 37 heavy (non-hydrogen) atoms. The highest BCUT2D eigenvalue weighted by Gasteiger charge is 2.33. The molecular formula is C27H24BrN3O5S. The smallest absolute Gasteiger partial charge is 0.269 e. The number of nitro groups is 1. The minimum absolute atomic E-state index is 0.0256. The maximum atomic E-state index is 13.4. The Morgan fingerprint density at radius 1 is 1.11 bits per heavy atom. The number of halogens is 1. The lowest BCUT2D eigenvalue weighted by Crippen LogP contribution is -2.30. The normalized spacial score (nSPS) is 15.5. The van der Waals surface area contributed by atoms with E-state index in [0.717, 1.165) is 21.3 Å². The third-order valence-corrected chi connectivity index (χ3v) is 6.90. The second-order valence-corrected chi connectivity index (χ2v) is 9.96. The largest absolute Gasteiger partial charge is 0.488 e. The van der Waals surface area contributed by atoms with E-state index in [1.54, 1.807) is 30.2 Å². The van der Waals surface area contributed by atoms with Gasteiger partial charge in [0.25, 0.3) is 11.6 Å².